The topological polar surface area (TPSA) is 26.3 Å². The van der Waals surface area contributed by atoms with E-state index >= 15 is 0 Å². The van der Waals surface area contributed by atoms with Crippen LogP contribution in [0, 0.1) is 23.7 Å². The summed E-state index contributed by atoms with van der Waals surface area (Å²) in [6.45, 7) is 8.89. The number of esters is 1. The second-order valence-corrected chi connectivity index (χ2v) is 4.83. The van der Waals surface area contributed by atoms with Crippen molar-refractivity contribution in [2.24, 2.45) is 23.7 Å². The Hall–Kier alpha value is -0.790. The highest BCUT2D eigenvalue weighted by molar-refractivity contribution is 5.75. The standard InChI is InChI=1S/C12H18O2/c1-7(2)9-5-4-8(3)10-6-14-12(13)11(9)10/h8-11H,1,4-6H2,2-3H3/t8-,9+,10-,11+/m0/s1. The van der Waals surface area contributed by atoms with Crippen LogP contribution in [0.4, 0.5) is 0 Å². The minimum absolute atomic E-state index is 0.00884. The van der Waals surface area contributed by atoms with Crippen molar-refractivity contribution in [3.05, 3.63) is 12.2 Å². The van der Waals surface area contributed by atoms with Crippen molar-refractivity contribution >= 4 is 5.97 Å². The number of carbonyl (C=O) groups excluding carboxylic acids is 1. The van der Waals surface area contributed by atoms with Gasteiger partial charge in [-0.05, 0) is 31.6 Å². The molecule has 0 bridgehead atoms. The molecule has 1 saturated carbocycles. The molecular formula is C12H18O2. The van der Waals surface area contributed by atoms with Crippen molar-refractivity contribution in [3.8, 4) is 0 Å². The Morgan fingerprint density at radius 3 is 2.86 bits per heavy atom. The predicted octanol–water partition coefficient (Wildman–Crippen LogP) is 2.40. The summed E-state index contributed by atoms with van der Waals surface area (Å²) in [6.07, 6.45) is 2.31. The van der Waals surface area contributed by atoms with Crippen LogP contribution in [0.15, 0.2) is 12.2 Å². The average molecular weight is 194 g/mol. The van der Waals surface area contributed by atoms with Crippen LogP contribution in [0.3, 0.4) is 0 Å². The molecular weight excluding hydrogens is 176 g/mol. The molecule has 4 atom stereocenters. The summed E-state index contributed by atoms with van der Waals surface area (Å²) in [5.74, 6) is 1.55. The molecule has 1 heterocycles. The number of hydrogen-bond acceptors (Lipinski definition) is 2. The quantitative estimate of drug-likeness (QED) is 0.473. The third kappa shape index (κ3) is 1.37. The van der Waals surface area contributed by atoms with Crippen molar-refractivity contribution in [1.82, 2.24) is 0 Å². The van der Waals surface area contributed by atoms with Gasteiger partial charge in [0, 0.05) is 5.92 Å². The summed E-state index contributed by atoms with van der Waals surface area (Å²) in [5.41, 5.74) is 1.14. The van der Waals surface area contributed by atoms with E-state index in [1.165, 1.54) is 6.42 Å². The number of allylic oxidation sites excluding steroid dienone is 1. The van der Waals surface area contributed by atoms with Crippen molar-refractivity contribution in [1.29, 1.82) is 0 Å². The molecule has 2 heteroatoms. The van der Waals surface area contributed by atoms with Crippen LogP contribution in [0.2, 0.25) is 0 Å². The molecule has 0 aromatic rings. The van der Waals surface area contributed by atoms with Gasteiger partial charge in [-0.25, -0.2) is 0 Å². The summed E-state index contributed by atoms with van der Waals surface area (Å²) < 4.78 is 5.17. The van der Waals surface area contributed by atoms with Gasteiger partial charge in [0.05, 0.1) is 12.5 Å². The van der Waals surface area contributed by atoms with E-state index in [1.54, 1.807) is 0 Å². The molecule has 1 saturated heterocycles. The first kappa shape index (κ1) is 9.75. The summed E-state index contributed by atoms with van der Waals surface area (Å²) >= 11 is 0. The molecule has 2 rings (SSSR count). The fraction of sp³-hybridized carbons (Fsp3) is 0.750. The van der Waals surface area contributed by atoms with Gasteiger partial charge in [-0.3, -0.25) is 4.79 Å². The molecule has 2 aliphatic rings. The van der Waals surface area contributed by atoms with E-state index in [1.807, 2.05) is 6.92 Å². The number of fused-ring (bicyclic) bond motifs is 1. The molecule has 0 N–H and O–H groups in total. The SMILES string of the molecule is C=C(C)[C@H]1CC[C@H](C)[C@@H]2COC(=O)[C@@H]21. The Morgan fingerprint density at radius 2 is 2.21 bits per heavy atom. The Labute approximate surface area is 85.3 Å². The maximum atomic E-state index is 11.6. The van der Waals surface area contributed by atoms with Gasteiger partial charge >= 0.3 is 5.97 Å². The van der Waals surface area contributed by atoms with E-state index in [2.05, 4.69) is 13.5 Å². The molecule has 1 aliphatic carbocycles. The van der Waals surface area contributed by atoms with Crippen LogP contribution in [-0.2, 0) is 9.53 Å². The van der Waals surface area contributed by atoms with Crippen LogP contribution >= 0.6 is 0 Å². The van der Waals surface area contributed by atoms with Crippen LogP contribution in [0.1, 0.15) is 26.7 Å². The highest BCUT2D eigenvalue weighted by atomic mass is 16.5. The zero-order valence-corrected chi connectivity index (χ0v) is 8.95. The first-order chi connectivity index (χ1) is 6.61. The molecule has 0 aromatic carbocycles. The van der Waals surface area contributed by atoms with Crippen LogP contribution in [0.25, 0.3) is 0 Å². The lowest BCUT2D eigenvalue weighted by atomic mass is 9.66. The lowest BCUT2D eigenvalue weighted by Gasteiger charge is -2.35. The summed E-state index contributed by atoms with van der Waals surface area (Å²) in [7, 11) is 0. The lowest BCUT2D eigenvalue weighted by molar-refractivity contribution is -0.142. The molecule has 78 valence electrons. The molecule has 0 aromatic heterocycles. The van der Waals surface area contributed by atoms with Gasteiger partial charge < -0.3 is 4.74 Å². The monoisotopic (exact) mass is 194 g/mol. The van der Waals surface area contributed by atoms with Crippen LogP contribution in [-0.4, -0.2) is 12.6 Å². The smallest absolute Gasteiger partial charge is 0.309 e. The Morgan fingerprint density at radius 1 is 1.50 bits per heavy atom. The number of cyclic esters (lactones) is 1. The van der Waals surface area contributed by atoms with Gasteiger partial charge in [0.25, 0.3) is 0 Å². The van der Waals surface area contributed by atoms with Crippen molar-refractivity contribution in [2.75, 3.05) is 6.61 Å². The molecule has 0 spiro atoms. The van der Waals surface area contributed by atoms with Gasteiger partial charge in [0.1, 0.15) is 0 Å². The fourth-order valence-corrected chi connectivity index (χ4v) is 2.92. The van der Waals surface area contributed by atoms with E-state index in [0.717, 1.165) is 12.0 Å². The normalized spacial score (nSPS) is 41.7. The van der Waals surface area contributed by atoms with Gasteiger partial charge in [-0.2, -0.15) is 0 Å². The summed E-state index contributed by atoms with van der Waals surface area (Å²) in [5, 5.41) is 0. The fourth-order valence-electron chi connectivity index (χ4n) is 2.92. The van der Waals surface area contributed by atoms with Gasteiger partial charge in [0.2, 0.25) is 0 Å². The molecule has 0 unspecified atom stereocenters. The predicted molar refractivity (Wildman–Crippen MR) is 54.6 cm³/mol. The van der Waals surface area contributed by atoms with E-state index in [9.17, 15) is 4.79 Å². The number of rotatable bonds is 1. The molecule has 0 amide bonds. The van der Waals surface area contributed by atoms with Crippen LogP contribution in [0.5, 0.6) is 0 Å². The molecule has 0 radical (unpaired) electrons. The second-order valence-electron chi connectivity index (χ2n) is 4.83. The molecule has 2 fully saturated rings. The first-order valence-corrected chi connectivity index (χ1v) is 5.43. The van der Waals surface area contributed by atoms with Gasteiger partial charge in [-0.15, -0.1) is 0 Å². The lowest BCUT2D eigenvalue weighted by Crippen LogP contribution is -2.34. The van der Waals surface area contributed by atoms with Crippen LogP contribution < -0.4 is 0 Å². The van der Waals surface area contributed by atoms with Crippen molar-refractivity contribution in [3.63, 3.8) is 0 Å². The van der Waals surface area contributed by atoms with E-state index in [0.29, 0.717) is 24.4 Å². The minimum Gasteiger partial charge on any atom is -0.465 e. The maximum absolute atomic E-state index is 11.6. The number of ether oxygens (including phenoxy) is 1. The van der Waals surface area contributed by atoms with E-state index in [4.69, 9.17) is 4.74 Å². The Bertz CT molecular complexity index is 269. The maximum Gasteiger partial charge on any atom is 0.309 e. The molecule has 14 heavy (non-hydrogen) atoms. The summed E-state index contributed by atoms with van der Waals surface area (Å²) in [4.78, 5) is 11.6. The third-order valence-corrected chi connectivity index (χ3v) is 3.88. The van der Waals surface area contributed by atoms with Crippen molar-refractivity contribution < 1.29 is 9.53 Å². The van der Waals surface area contributed by atoms with Crippen molar-refractivity contribution in [2.45, 2.75) is 26.7 Å². The first-order valence-electron chi connectivity index (χ1n) is 5.43. The molecule has 2 nitrogen and oxygen atoms in total. The average Bonchev–Trinajstić information content (AvgIpc) is 2.50. The Balaban J connectivity index is 2.23. The largest absolute Gasteiger partial charge is 0.465 e. The zero-order chi connectivity index (χ0) is 10.3. The minimum atomic E-state index is 0.00884. The summed E-state index contributed by atoms with van der Waals surface area (Å²) in [6, 6.07) is 0. The second kappa shape index (κ2) is 3.41. The van der Waals surface area contributed by atoms with Gasteiger partial charge in [0.15, 0.2) is 0 Å². The Kier molecular flexibility index (Phi) is 2.38. The number of carbonyl (C=O) groups is 1. The van der Waals surface area contributed by atoms with Gasteiger partial charge in [-0.1, -0.05) is 19.1 Å². The van der Waals surface area contributed by atoms with E-state index in [-0.39, 0.29) is 11.9 Å². The zero-order valence-electron chi connectivity index (χ0n) is 8.95. The third-order valence-electron chi connectivity index (χ3n) is 3.88. The number of hydrogen-bond donors (Lipinski definition) is 0. The molecule has 1 aliphatic heterocycles. The van der Waals surface area contributed by atoms with E-state index < -0.39 is 0 Å². The highest BCUT2D eigenvalue weighted by Gasteiger charge is 2.47. The highest BCUT2D eigenvalue weighted by Crippen LogP contribution is 2.45.